The topological polar surface area (TPSA) is 101 Å². The van der Waals surface area contributed by atoms with E-state index in [0.717, 1.165) is 0 Å². The van der Waals surface area contributed by atoms with Gasteiger partial charge in [-0.15, -0.1) is 0 Å². The molecule has 0 aliphatic heterocycles. The second kappa shape index (κ2) is 4.76. The zero-order chi connectivity index (χ0) is 18.3. The van der Waals surface area contributed by atoms with E-state index in [2.05, 4.69) is 15.9 Å². The standard InChI is InChI=1S/C19H9BrO6/c1-6-8(20)5-10-13-11(6)18(23)26-17-12-7(3-2-4-9(12)21)16(22)15(14(13)17)19(24)25-10/h2-5,22-23H,1H3. The SMILES string of the molecule is Cc1c(Br)cc2oc(=O)c3c(O)c4cccc(=O)c4c4oc(O)c1c2c34. The summed E-state index contributed by atoms with van der Waals surface area (Å²) in [5, 5.41) is 22.4. The molecule has 6 nitrogen and oxygen atoms in total. The summed E-state index contributed by atoms with van der Waals surface area (Å²) in [6, 6.07) is 5.93. The summed E-state index contributed by atoms with van der Waals surface area (Å²) < 4.78 is 11.6. The largest absolute Gasteiger partial charge is 0.506 e. The monoisotopic (exact) mass is 412 g/mol. The third-order valence-corrected chi connectivity index (χ3v) is 5.60. The van der Waals surface area contributed by atoms with Crippen LogP contribution in [-0.4, -0.2) is 10.2 Å². The highest BCUT2D eigenvalue weighted by Crippen LogP contribution is 2.46. The normalized spacial score (nSPS) is 12.1. The van der Waals surface area contributed by atoms with Gasteiger partial charge in [-0.05, 0) is 24.6 Å². The second-order valence-corrected chi connectivity index (χ2v) is 6.99. The number of hydrogen-bond acceptors (Lipinski definition) is 6. The second-order valence-electron chi connectivity index (χ2n) is 6.13. The summed E-state index contributed by atoms with van der Waals surface area (Å²) in [7, 11) is 0. The van der Waals surface area contributed by atoms with Gasteiger partial charge in [0.2, 0.25) is 0 Å². The van der Waals surface area contributed by atoms with Crippen molar-refractivity contribution < 1.29 is 19.0 Å². The van der Waals surface area contributed by atoms with Crippen molar-refractivity contribution in [3.63, 3.8) is 0 Å². The lowest BCUT2D eigenvalue weighted by molar-refractivity contribution is 0.348. The Hall–Kier alpha value is -3.06. The third kappa shape index (κ3) is 1.65. The third-order valence-electron chi connectivity index (χ3n) is 4.78. The lowest BCUT2D eigenvalue weighted by Crippen LogP contribution is -2.06. The molecule has 0 bridgehead atoms. The van der Waals surface area contributed by atoms with Gasteiger partial charge < -0.3 is 19.0 Å². The summed E-state index contributed by atoms with van der Waals surface area (Å²) in [6.07, 6.45) is 0. The molecule has 0 saturated carbocycles. The summed E-state index contributed by atoms with van der Waals surface area (Å²) in [5.74, 6) is -0.740. The van der Waals surface area contributed by atoms with Gasteiger partial charge in [0.25, 0.3) is 5.95 Å². The van der Waals surface area contributed by atoms with Gasteiger partial charge in [-0.1, -0.05) is 28.1 Å². The van der Waals surface area contributed by atoms with Crippen LogP contribution in [0.15, 0.2) is 47.2 Å². The molecule has 0 aliphatic rings. The van der Waals surface area contributed by atoms with Gasteiger partial charge in [0.15, 0.2) is 11.0 Å². The van der Waals surface area contributed by atoms with Crippen molar-refractivity contribution in [1.82, 2.24) is 0 Å². The van der Waals surface area contributed by atoms with E-state index in [-0.39, 0.29) is 43.9 Å². The number of fused-ring (bicyclic) bond motifs is 2. The Morgan fingerprint density at radius 3 is 2.50 bits per heavy atom. The Morgan fingerprint density at radius 1 is 0.962 bits per heavy atom. The highest BCUT2D eigenvalue weighted by atomic mass is 79.9. The van der Waals surface area contributed by atoms with E-state index in [9.17, 15) is 19.8 Å². The van der Waals surface area contributed by atoms with Gasteiger partial charge >= 0.3 is 5.63 Å². The van der Waals surface area contributed by atoms with E-state index in [1.807, 2.05) is 0 Å². The number of aryl methyl sites for hydroxylation is 1. The van der Waals surface area contributed by atoms with Crippen LogP contribution < -0.4 is 11.1 Å². The molecule has 26 heavy (non-hydrogen) atoms. The van der Waals surface area contributed by atoms with E-state index in [0.29, 0.717) is 20.8 Å². The fourth-order valence-corrected chi connectivity index (χ4v) is 4.02. The number of phenolic OH excluding ortho intramolecular Hbond substituents is 1. The summed E-state index contributed by atoms with van der Waals surface area (Å²) >= 11 is 3.37. The van der Waals surface area contributed by atoms with Crippen LogP contribution in [0.25, 0.3) is 43.5 Å². The van der Waals surface area contributed by atoms with E-state index in [4.69, 9.17) is 8.83 Å². The Bertz CT molecular complexity index is 1510. The lowest BCUT2D eigenvalue weighted by atomic mass is 9.96. The molecule has 0 saturated heterocycles. The zero-order valence-corrected chi connectivity index (χ0v) is 14.8. The van der Waals surface area contributed by atoms with E-state index >= 15 is 0 Å². The highest BCUT2D eigenvalue weighted by molar-refractivity contribution is 9.10. The molecule has 128 valence electrons. The molecule has 0 radical (unpaired) electrons. The Morgan fingerprint density at radius 2 is 1.73 bits per heavy atom. The minimum absolute atomic E-state index is 0.0445. The Kier molecular flexibility index (Phi) is 2.79. The molecule has 2 N–H and O–H groups in total. The Labute approximate surface area is 152 Å². The first-order valence-electron chi connectivity index (χ1n) is 7.68. The molecule has 5 aromatic rings. The van der Waals surface area contributed by atoms with Crippen LogP contribution in [0.1, 0.15) is 5.56 Å². The van der Waals surface area contributed by atoms with Gasteiger partial charge in [0, 0.05) is 20.6 Å². The molecule has 0 aliphatic carbocycles. The van der Waals surface area contributed by atoms with E-state index < -0.39 is 11.6 Å². The van der Waals surface area contributed by atoms with Gasteiger partial charge in [-0.3, -0.25) is 4.79 Å². The zero-order valence-electron chi connectivity index (χ0n) is 13.2. The van der Waals surface area contributed by atoms with Crippen molar-refractivity contribution >= 4 is 59.4 Å². The van der Waals surface area contributed by atoms with Crippen molar-refractivity contribution in [2.45, 2.75) is 6.92 Å². The summed E-state index contributed by atoms with van der Waals surface area (Å²) in [4.78, 5) is 25.0. The number of benzene rings is 3. The predicted molar refractivity (Wildman–Crippen MR) is 100 cm³/mol. The maximum absolute atomic E-state index is 12.6. The molecule has 5 rings (SSSR count). The van der Waals surface area contributed by atoms with Crippen molar-refractivity contribution in [3.05, 3.63) is 54.9 Å². The lowest BCUT2D eigenvalue weighted by Gasteiger charge is -2.15. The van der Waals surface area contributed by atoms with Crippen molar-refractivity contribution in [2.24, 2.45) is 0 Å². The van der Waals surface area contributed by atoms with Crippen LogP contribution in [0.5, 0.6) is 11.7 Å². The molecular weight excluding hydrogens is 404 g/mol. The molecule has 2 aromatic heterocycles. The number of halogens is 1. The molecule has 2 heterocycles. The van der Waals surface area contributed by atoms with Crippen LogP contribution in [-0.2, 0) is 0 Å². The quantitative estimate of drug-likeness (QED) is 0.225. The molecule has 7 heteroatoms. The molecule has 0 fully saturated rings. The fraction of sp³-hybridized carbons (Fsp3) is 0.0526. The van der Waals surface area contributed by atoms with Crippen LogP contribution in [0, 0.1) is 6.92 Å². The number of aromatic hydroxyl groups is 2. The predicted octanol–water partition coefficient (Wildman–Crippen LogP) is 4.13. The van der Waals surface area contributed by atoms with Crippen molar-refractivity contribution in [1.29, 1.82) is 0 Å². The number of hydrogen-bond donors (Lipinski definition) is 2. The minimum atomic E-state index is -0.754. The summed E-state index contributed by atoms with van der Waals surface area (Å²) in [5.41, 5.74) is -0.209. The average Bonchev–Trinajstić information content (AvgIpc) is 2.59. The molecular formula is C19H9BrO6. The maximum atomic E-state index is 12.6. The van der Waals surface area contributed by atoms with Gasteiger partial charge in [0.05, 0.1) is 10.8 Å². The van der Waals surface area contributed by atoms with Crippen LogP contribution >= 0.6 is 15.9 Å². The molecule has 3 aromatic carbocycles. The smallest absolute Gasteiger partial charge is 0.348 e. The van der Waals surface area contributed by atoms with Crippen molar-refractivity contribution in [3.8, 4) is 11.7 Å². The van der Waals surface area contributed by atoms with Crippen LogP contribution in [0.2, 0.25) is 0 Å². The molecule has 0 amide bonds. The van der Waals surface area contributed by atoms with Gasteiger partial charge in [0.1, 0.15) is 16.7 Å². The van der Waals surface area contributed by atoms with E-state index in [1.165, 1.54) is 18.2 Å². The first-order valence-corrected chi connectivity index (χ1v) is 8.48. The van der Waals surface area contributed by atoms with Crippen molar-refractivity contribution in [2.75, 3.05) is 0 Å². The summed E-state index contributed by atoms with van der Waals surface area (Å²) in [6.45, 7) is 1.76. The average molecular weight is 413 g/mol. The Balaban J connectivity index is 2.33. The number of phenols is 1. The maximum Gasteiger partial charge on any atom is 0.348 e. The fourth-order valence-electron chi connectivity index (χ4n) is 3.61. The van der Waals surface area contributed by atoms with Crippen LogP contribution in [0.4, 0.5) is 0 Å². The first-order chi connectivity index (χ1) is 12.4. The minimum Gasteiger partial charge on any atom is -0.506 e. The molecule has 0 atom stereocenters. The molecule has 0 spiro atoms. The van der Waals surface area contributed by atoms with Crippen LogP contribution in [0.3, 0.4) is 0 Å². The number of rotatable bonds is 0. The first kappa shape index (κ1) is 15.2. The van der Waals surface area contributed by atoms with Gasteiger partial charge in [-0.25, -0.2) is 4.79 Å². The van der Waals surface area contributed by atoms with Gasteiger partial charge in [-0.2, -0.15) is 0 Å². The molecule has 0 unspecified atom stereocenters. The van der Waals surface area contributed by atoms with E-state index in [1.54, 1.807) is 13.0 Å². The highest BCUT2D eigenvalue weighted by Gasteiger charge is 2.26.